The molecule has 2 aliphatic rings. The molecule has 0 aliphatic carbocycles. The molecule has 242 valence electrons. The number of benzene rings is 3. The second-order valence-electron chi connectivity index (χ2n) is 12.5. The molecule has 2 N–H and O–H groups in total. The first-order valence-electron chi connectivity index (χ1n) is 15.7. The molecular weight excluding hydrogens is 602 g/mol. The van der Waals surface area contributed by atoms with Gasteiger partial charge in [0.15, 0.2) is 5.78 Å². The van der Waals surface area contributed by atoms with Gasteiger partial charge in [-0.15, -0.1) is 0 Å². The summed E-state index contributed by atoms with van der Waals surface area (Å²) >= 11 is 0. The maximum absolute atomic E-state index is 15.3. The van der Waals surface area contributed by atoms with Crippen LogP contribution in [-0.4, -0.2) is 75.1 Å². The third-order valence-electron chi connectivity index (χ3n) is 9.68. The standard InChI is InChI=1S/C36H36F2N6O3/c1-20-15-29-33(39-21(2)42(29)4)35-31(20)25-8-5-7-24-26(18-44(34(24)25)14-13-41(35)3)36(47)22-16-27(37)32(28(38)17-22)40-30(46)9-6-11-43-12-10-23(43)19-45/h5-9,15-18,23,45H,10-14,19H2,1-4H3,(H,40,46)/b9-6+/t23-/m0/s1. The van der Waals surface area contributed by atoms with Crippen molar-refractivity contribution < 1.29 is 23.5 Å². The van der Waals surface area contributed by atoms with Gasteiger partial charge in [-0.2, -0.15) is 0 Å². The lowest BCUT2D eigenvalue weighted by Gasteiger charge is -2.39. The number of fused-ring (bicyclic) bond motifs is 4. The molecule has 1 atom stereocenters. The minimum absolute atomic E-state index is 0.0447. The van der Waals surface area contributed by atoms with Gasteiger partial charge < -0.3 is 24.5 Å². The number of anilines is 2. The van der Waals surface area contributed by atoms with E-state index in [1.165, 1.54) is 6.08 Å². The number of rotatable bonds is 7. The maximum atomic E-state index is 15.3. The molecule has 1 fully saturated rings. The van der Waals surface area contributed by atoms with Crippen LogP contribution in [0.25, 0.3) is 33.1 Å². The van der Waals surface area contributed by atoms with Crippen LogP contribution in [0.5, 0.6) is 0 Å². The van der Waals surface area contributed by atoms with Gasteiger partial charge in [-0.05, 0) is 44.0 Å². The fourth-order valence-electron chi connectivity index (χ4n) is 6.93. The first kappa shape index (κ1) is 30.8. The number of aliphatic hydroxyl groups is 1. The summed E-state index contributed by atoms with van der Waals surface area (Å²) in [4.78, 5) is 35.4. The number of ketones is 1. The molecule has 4 heterocycles. The third-order valence-corrected chi connectivity index (χ3v) is 9.68. The number of likely N-dealkylation sites (tertiary alicyclic amines) is 1. The van der Waals surface area contributed by atoms with E-state index in [1.54, 1.807) is 12.3 Å². The number of amides is 1. The minimum Gasteiger partial charge on any atom is -0.395 e. The number of para-hydroxylation sites is 1. The number of likely N-dealkylation sites (N-methyl/N-ethyl adjacent to an activating group) is 1. The van der Waals surface area contributed by atoms with Gasteiger partial charge in [-0.25, -0.2) is 13.8 Å². The number of carbonyl (C=O) groups is 2. The molecule has 0 spiro atoms. The lowest BCUT2D eigenvalue weighted by Crippen LogP contribution is -2.49. The summed E-state index contributed by atoms with van der Waals surface area (Å²) in [5.41, 5.74) is 6.50. The summed E-state index contributed by atoms with van der Waals surface area (Å²) in [5, 5.41) is 12.2. The van der Waals surface area contributed by atoms with Crippen LogP contribution in [0, 0.1) is 25.5 Å². The highest BCUT2D eigenvalue weighted by Gasteiger charge is 2.28. The normalized spacial score (nSPS) is 16.4. The molecule has 9 nitrogen and oxygen atoms in total. The quantitative estimate of drug-likeness (QED) is 0.185. The summed E-state index contributed by atoms with van der Waals surface area (Å²) < 4.78 is 34.6. The number of nitrogens with one attached hydrogen (secondary N) is 1. The number of aryl methyl sites for hydroxylation is 3. The predicted octanol–water partition coefficient (Wildman–Crippen LogP) is 5.33. The molecule has 2 aromatic heterocycles. The number of halogens is 2. The molecule has 0 saturated carbocycles. The van der Waals surface area contributed by atoms with Crippen LogP contribution >= 0.6 is 0 Å². The Morgan fingerprint density at radius 1 is 1.09 bits per heavy atom. The van der Waals surface area contributed by atoms with E-state index in [0.29, 0.717) is 30.6 Å². The summed E-state index contributed by atoms with van der Waals surface area (Å²) in [7, 11) is 4.05. The van der Waals surface area contributed by atoms with Crippen molar-refractivity contribution in [3.8, 4) is 11.1 Å². The van der Waals surface area contributed by atoms with Crippen LogP contribution in [0.2, 0.25) is 0 Å². The Morgan fingerprint density at radius 2 is 1.85 bits per heavy atom. The number of carbonyl (C=O) groups excluding carboxylic acids is 2. The van der Waals surface area contributed by atoms with Crippen LogP contribution in [0.3, 0.4) is 0 Å². The van der Waals surface area contributed by atoms with Crippen molar-refractivity contribution in [3.63, 3.8) is 0 Å². The first-order chi connectivity index (χ1) is 22.6. The molecule has 2 aliphatic heterocycles. The molecule has 47 heavy (non-hydrogen) atoms. The second kappa shape index (κ2) is 11.7. The highest BCUT2D eigenvalue weighted by molar-refractivity contribution is 6.19. The number of nitrogens with zero attached hydrogens (tertiary/aromatic N) is 5. The van der Waals surface area contributed by atoms with E-state index in [2.05, 4.69) is 27.8 Å². The average Bonchev–Trinajstić information content (AvgIpc) is 3.54. The van der Waals surface area contributed by atoms with Gasteiger partial charge in [-0.1, -0.05) is 24.3 Å². The smallest absolute Gasteiger partial charge is 0.248 e. The zero-order valence-corrected chi connectivity index (χ0v) is 26.8. The number of hydrogen-bond donors (Lipinski definition) is 2. The number of hydrogen-bond acceptors (Lipinski definition) is 6. The van der Waals surface area contributed by atoms with E-state index in [0.717, 1.165) is 69.9 Å². The van der Waals surface area contributed by atoms with E-state index >= 15 is 8.78 Å². The first-order valence-corrected chi connectivity index (χ1v) is 15.7. The van der Waals surface area contributed by atoms with Gasteiger partial charge in [0.25, 0.3) is 0 Å². The van der Waals surface area contributed by atoms with Crippen molar-refractivity contribution >= 4 is 45.0 Å². The van der Waals surface area contributed by atoms with E-state index in [4.69, 9.17) is 4.98 Å². The molecule has 1 amide bonds. The van der Waals surface area contributed by atoms with Crippen molar-refractivity contribution in [1.29, 1.82) is 0 Å². The minimum atomic E-state index is -1.04. The van der Waals surface area contributed by atoms with Crippen LogP contribution in [0.1, 0.15) is 33.7 Å². The average molecular weight is 639 g/mol. The van der Waals surface area contributed by atoms with E-state index in [-0.39, 0.29) is 18.2 Å². The van der Waals surface area contributed by atoms with Gasteiger partial charge in [0.05, 0.1) is 23.3 Å². The zero-order chi connectivity index (χ0) is 33.1. The summed E-state index contributed by atoms with van der Waals surface area (Å²) in [6, 6.07) is 9.95. The molecule has 0 radical (unpaired) electrons. The van der Waals surface area contributed by atoms with Gasteiger partial charge in [-0.3, -0.25) is 14.5 Å². The van der Waals surface area contributed by atoms with Crippen LogP contribution in [0.4, 0.5) is 20.2 Å². The Hall–Kier alpha value is -4.87. The monoisotopic (exact) mass is 638 g/mol. The van der Waals surface area contributed by atoms with Gasteiger partial charge in [0.1, 0.15) is 28.7 Å². The fourth-order valence-corrected chi connectivity index (χ4v) is 6.93. The number of imidazole rings is 1. The second-order valence-corrected chi connectivity index (χ2v) is 12.5. The van der Waals surface area contributed by atoms with Crippen molar-refractivity contribution in [2.75, 3.05) is 43.5 Å². The lowest BCUT2D eigenvalue weighted by molar-refractivity contribution is -0.112. The Morgan fingerprint density at radius 3 is 2.55 bits per heavy atom. The van der Waals surface area contributed by atoms with Crippen LogP contribution in [0.15, 0.2) is 54.7 Å². The highest BCUT2D eigenvalue weighted by atomic mass is 19.1. The van der Waals surface area contributed by atoms with Crippen molar-refractivity contribution in [2.24, 2.45) is 7.05 Å². The molecule has 0 unspecified atom stereocenters. The van der Waals surface area contributed by atoms with Crippen LogP contribution < -0.4 is 10.2 Å². The van der Waals surface area contributed by atoms with Crippen molar-refractivity contribution in [3.05, 3.63) is 88.9 Å². The molecule has 7 rings (SSSR count). The Balaban J connectivity index is 1.23. The topological polar surface area (TPSA) is 95.6 Å². The van der Waals surface area contributed by atoms with Gasteiger partial charge in [0.2, 0.25) is 5.91 Å². The van der Waals surface area contributed by atoms with Gasteiger partial charge in [0, 0.05) is 86.2 Å². The SMILES string of the molecule is Cc1cc2c(nc(C)n2C)c2c1-c1cccc3c(C(=O)c4cc(F)c(NC(=O)/C=C/CN5CC[C@H]5CO)c(F)c4)cn(c13)CCN2C. The lowest BCUT2D eigenvalue weighted by atomic mass is 9.93. The van der Waals surface area contributed by atoms with Crippen molar-refractivity contribution in [2.45, 2.75) is 32.9 Å². The van der Waals surface area contributed by atoms with E-state index < -0.39 is 29.0 Å². The molecule has 11 heteroatoms. The van der Waals surface area contributed by atoms with Crippen molar-refractivity contribution in [1.82, 2.24) is 19.0 Å². The van der Waals surface area contributed by atoms with E-state index in [1.807, 2.05) is 48.7 Å². The predicted molar refractivity (Wildman–Crippen MR) is 179 cm³/mol. The molecule has 3 aromatic carbocycles. The molecule has 5 aromatic rings. The molecular formula is C36H36F2N6O3. The maximum Gasteiger partial charge on any atom is 0.248 e. The highest BCUT2D eigenvalue weighted by Crippen LogP contribution is 2.44. The number of aliphatic hydroxyl groups excluding tert-OH is 1. The fraction of sp³-hybridized carbons (Fsp3) is 0.306. The van der Waals surface area contributed by atoms with Crippen LogP contribution in [-0.2, 0) is 18.4 Å². The molecule has 1 saturated heterocycles. The Labute approximate surface area is 270 Å². The summed E-state index contributed by atoms with van der Waals surface area (Å²) in [5.74, 6) is -2.38. The van der Waals surface area contributed by atoms with Gasteiger partial charge >= 0.3 is 0 Å². The zero-order valence-electron chi connectivity index (χ0n) is 26.8. The largest absolute Gasteiger partial charge is 0.395 e. The third kappa shape index (κ3) is 5.10. The molecule has 0 bridgehead atoms. The summed E-state index contributed by atoms with van der Waals surface area (Å²) in [6.45, 7) is 6.60. The number of aromatic nitrogens is 3. The Bertz CT molecular complexity index is 2110. The van der Waals surface area contributed by atoms with E-state index in [9.17, 15) is 14.7 Å². The summed E-state index contributed by atoms with van der Waals surface area (Å²) in [6.07, 6.45) is 5.45. The Kier molecular flexibility index (Phi) is 7.68.